The van der Waals surface area contributed by atoms with E-state index in [0.29, 0.717) is 17.4 Å². The Morgan fingerprint density at radius 2 is 0.792 bits per heavy atom. The van der Waals surface area contributed by atoms with Gasteiger partial charge in [0.1, 0.15) is 19.3 Å². The predicted octanol–water partition coefficient (Wildman–Crippen LogP) is 19.8. The molecule has 0 saturated carbocycles. The van der Waals surface area contributed by atoms with Crippen LogP contribution in [0.5, 0.6) is 0 Å². The van der Waals surface area contributed by atoms with Crippen LogP contribution in [0.1, 0.15) is 316 Å². The number of rotatable bonds is 60. The second-order valence-electron chi connectivity index (χ2n) is 23.6. The number of nitrogens with zero attached hydrogens (tertiary/aromatic N) is 1. The molecule has 1 N–H and O–H groups in total. The van der Waals surface area contributed by atoms with Gasteiger partial charge in [-0.25, -0.2) is 0 Å². The van der Waals surface area contributed by atoms with E-state index in [4.69, 9.17) is 13.8 Å². The molecule has 10 heteroatoms. The van der Waals surface area contributed by atoms with E-state index < -0.39 is 20.0 Å². The average Bonchev–Trinajstić information content (AvgIpc) is 3.39. The molecule has 3 atom stereocenters. The molecule has 0 aliphatic rings. The summed E-state index contributed by atoms with van der Waals surface area (Å²) < 4.78 is 30.3. The molecule has 3 unspecified atom stereocenters. The van der Waals surface area contributed by atoms with E-state index in [9.17, 15) is 19.0 Å². The highest BCUT2D eigenvalue weighted by Crippen LogP contribution is 2.38. The summed E-state index contributed by atoms with van der Waals surface area (Å²) in [7, 11) is 1.19. The topological polar surface area (TPSA) is 114 Å². The molecule has 0 saturated heterocycles. The molecule has 0 heterocycles. The Balaban J connectivity index is 5.04. The first-order valence-electron chi connectivity index (χ1n) is 32.9. The van der Waals surface area contributed by atoms with E-state index in [1.165, 1.54) is 205 Å². The normalized spacial score (nSPS) is 13.9. The number of phosphoric acid groups is 1. The number of carbonyl (C=O) groups excluding carboxylic acids is 2. The number of ether oxygens (including phenoxy) is 1. The van der Waals surface area contributed by atoms with Crippen molar-refractivity contribution in [2.45, 2.75) is 328 Å². The summed E-state index contributed by atoms with van der Waals surface area (Å²) in [4.78, 5) is 40.0. The van der Waals surface area contributed by atoms with Gasteiger partial charge in [-0.05, 0) is 89.5 Å². The van der Waals surface area contributed by atoms with Crippen molar-refractivity contribution in [2.75, 3.05) is 40.9 Å². The van der Waals surface area contributed by atoms with E-state index in [0.717, 1.165) is 77.0 Å². The Morgan fingerprint density at radius 3 is 1.22 bits per heavy atom. The van der Waals surface area contributed by atoms with Crippen molar-refractivity contribution in [1.82, 2.24) is 5.32 Å². The number of quaternary nitrogens is 1. The number of nitrogens with one attached hydrogen (secondary N) is 1. The summed E-state index contributed by atoms with van der Waals surface area (Å²) in [5.41, 5.74) is 0. The fourth-order valence-electron chi connectivity index (χ4n) is 9.61. The van der Waals surface area contributed by atoms with Gasteiger partial charge in [0.25, 0.3) is 7.82 Å². The third-order valence-corrected chi connectivity index (χ3v) is 15.7. The summed E-state index contributed by atoms with van der Waals surface area (Å²) in [5, 5.41) is 3.03. The summed E-state index contributed by atoms with van der Waals surface area (Å²) in [6.45, 7) is 6.83. The van der Waals surface area contributed by atoms with Gasteiger partial charge in [0.05, 0.1) is 33.8 Å². The number of hydrogen-bond acceptors (Lipinski definition) is 7. The fourth-order valence-corrected chi connectivity index (χ4v) is 10.3. The molecule has 0 radical (unpaired) electrons. The van der Waals surface area contributed by atoms with Gasteiger partial charge in [0.15, 0.2) is 0 Å². The zero-order valence-corrected chi connectivity index (χ0v) is 52.6. The van der Waals surface area contributed by atoms with Gasteiger partial charge in [-0.1, -0.05) is 262 Å². The van der Waals surface area contributed by atoms with Crippen molar-refractivity contribution < 1.29 is 37.3 Å². The maximum Gasteiger partial charge on any atom is 0.306 e. The van der Waals surface area contributed by atoms with Crippen LogP contribution in [0.2, 0.25) is 0 Å². The van der Waals surface area contributed by atoms with E-state index >= 15 is 0 Å². The molecule has 0 bridgehead atoms. The van der Waals surface area contributed by atoms with Gasteiger partial charge in [-0.15, -0.1) is 0 Å². The number of esters is 1. The molecule has 0 aliphatic carbocycles. The molecule has 0 aromatic rings. The summed E-state index contributed by atoms with van der Waals surface area (Å²) in [5.74, 6) is -0.536. The lowest BCUT2D eigenvalue weighted by molar-refractivity contribution is -0.870. The molecule has 9 nitrogen and oxygen atoms in total. The summed E-state index contributed by atoms with van der Waals surface area (Å²) >= 11 is 0. The second-order valence-corrected chi connectivity index (χ2v) is 25.0. The highest BCUT2D eigenvalue weighted by Gasteiger charge is 2.27. The average molecular weight is 1100 g/mol. The van der Waals surface area contributed by atoms with Crippen LogP contribution in [0.15, 0.2) is 48.6 Å². The van der Waals surface area contributed by atoms with Gasteiger partial charge in [-0.3, -0.25) is 14.2 Å². The third-order valence-electron chi connectivity index (χ3n) is 14.7. The number of carbonyl (C=O) groups is 2. The Kier molecular flexibility index (Phi) is 55.7. The molecule has 0 fully saturated rings. The van der Waals surface area contributed by atoms with E-state index in [-0.39, 0.29) is 31.5 Å². The molecule has 452 valence electrons. The van der Waals surface area contributed by atoms with Crippen LogP contribution in [0.4, 0.5) is 0 Å². The maximum absolute atomic E-state index is 13.5. The van der Waals surface area contributed by atoms with Crippen molar-refractivity contribution in [3.05, 3.63) is 48.6 Å². The predicted molar refractivity (Wildman–Crippen MR) is 330 cm³/mol. The van der Waals surface area contributed by atoms with Crippen molar-refractivity contribution in [1.29, 1.82) is 0 Å². The third kappa shape index (κ3) is 58.4. The van der Waals surface area contributed by atoms with Gasteiger partial charge in [0, 0.05) is 12.8 Å². The SMILES string of the molecule is CCCCC/C=C\C/C=C\CCCCCCCCCCCCCCCCCC(=O)OC(/C=C\CCCCCCCCCCC)C(COP(=O)([O-])OCC[N+](C)(C)C)NC(=O)CCCCCCCCC/C=C\CCCCCC. The number of hydrogen-bond donors (Lipinski definition) is 1. The molecule has 0 rings (SSSR count). The summed E-state index contributed by atoms with van der Waals surface area (Å²) in [6.07, 6.45) is 70.8. The van der Waals surface area contributed by atoms with Crippen LogP contribution in [0.3, 0.4) is 0 Å². The number of amides is 1. The molecular weight excluding hydrogens is 976 g/mol. The van der Waals surface area contributed by atoms with Crippen LogP contribution in [0.25, 0.3) is 0 Å². The van der Waals surface area contributed by atoms with Crippen molar-refractivity contribution in [3.63, 3.8) is 0 Å². The van der Waals surface area contributed by atoms with E-state index in [1.807, 2.05) is 33.3 Å². The first-order valence-corrected chi connectivity index (χ1v) is 34.4. The van der Waals surface area contributed by atoms with Crippen molar-refractivity contribution >= 4 is 19.7 Å². The zero-order valence-electron chi connectivity index (χ0n) is 51.7. The van der Waals surface area contributed by atoms with Crippen molar-refractivity contribution in [2.24, 2.45) is 0 Å². The quantitative estimate of drug-likeness (QED) is 0.0212. The highest BCUT2D eigenvalue weighted by molar-refractivity contribution is 7.45. The largest absolute Gasteiger partial charge is 0.756 e. The van der Waals surface area contributed by atoms with Gasteiger partial charge >= 0.3 is 5.97 Å². The second kappa shape index (κ2) is 57.2. The minimum Gasteiger partial charge on any atom is -0.756 e. The Bertz CT molecular complexity index is 1460. The first kappa shape index (κ1) is 75.0. The lowest BCUT2D eigenvalue weighted by Crippen LogP contribution is -2.47. The van der Waals surface area contributed by atoms with Crippen LogP contribution in [0, 0.1) is 0 Å². The zero-order chi connectivity index (χ0) is 56.4. The Hall–Kier alpha value is -2.03. The molecule has 0 aliphatic heterocycles. The lowest BCUT2D eigenvalue weighted by atomic mass is 10.0. The van der Waals surface area contributed by atoms with Gasteiger partial charge < -0.3 is 28.5 Å². The minimum atomic E-state index is -4.70. The molecule has 0 aromatic heterocycles. The Morgan fingerprint density at radius 1 is 0.455 bits per heavy atom. The fraction of sp³-hybridized carbons (Fsp3) is 0.851. The first-order chi connectivity index (χ1) is 37.4. The minimum absolute atomic E-state index is 0.0220. The number of allylic oxidation sites excluding steroid dienone is 7. The van der Waals surface area contributed by atoms with Crippen LogP contribution < -0.4 is 10.2 Å². The maximum atomic E-state index is 13.5. The monoisotopic (exact) mass is 1100 g/mol. The lowest BCUT2D eigenvalue weighted by Gasteiger charge is -2.30. The van der Waals surface area contributed by atoms with Gasteiger partial charge in [0.2, 0.25) is 5.91 Å². The Labute approximate surface area is 478 Å². The standard InChI is InChI=1S/C67H127N2O7P/c1-7-10-13-16-19-22-25-27-29-30-31-32-33-34-35-36-37-38-40-42-45-48-51-54-57-60-67(71)76-65(58-55-52-49-46-43-24-21-18-15-12-9-3)64(63-75-77(72,73)74-62-61-69(4,5)6)68-66(70)59-56-53-50-47-44-41-39-28-26-23-20-17-14-11-8-2/h19,22-23,26-27,29,55,58,64-65H,7-18,20-21,24-25,28,30-54,56-57,59-63H2,1-6H3,(H-,68,70,72,73)/b22-19-,26-23-,29-27-,58-55-. The highest BCUT2D eigenvalue weighted by atomic mass is 31.2. The number of unbranched alkanes of at least 4 members (excludes halogenated alkanes) is 38. The molecule has 0 aromatic carbocycles. The van der Waals surface area contributed by atoms with Gasteiger partial charge in [-0.2, -0.15) is 0 Å². The van der Waals surface area contributed by atoms with Crippen LogP contribution in [-0.4, -0.2) is 69.4 Å². The van der Waals surface area contributed by atoms with Crippen LogP contribution in [-0.2, 0) is 27.9 Å². The van der Waals surface area contributed by atoms with E-state index in [2.05, 4.69) is 62.5 Å². The summed E-state index contributed by atoms with van der Waals surface area (Å²) in [6, 6.07) is -0.888. The van der Waals surface area contributed by atoms with Crippen molar-refractivity contribution in [3.8, 4) is 0 Å². The van der Waals surface area contributed by atoms with E-state index in [1.54, 1.807) is 0 Å². The smallest absolute Gasteiger partial charge is 0.306 e. The molecule has 0 spiro atoms. The number of phosphoric ester groups is 1. The molecule has 77 heavy (non-hydrogen) atoms. The molecule has 1 amide bonds. The van der Waals surface area contributed by atoms with Crippen LogP contribution >= 0.6 is 7.82 Å². The number of likely N-dealkylation sites (N-methyl/N-ethyl adjacent to an activating group) is 1. The molecular formula is C67H127N2O7P.